The zero-order valence-corrected chi connectivity index (χ0v) is 12.5. The van der Waals surface area contributed by atoms with E-state index >= 15 is 0 Å². The molecular weight excluding hydrogens is 303 g/mol. The zero-order chi connectivity index (χ0) is 16.5. The molecule has 4 nitrogen and oxygen atoms in total. The van der Waals surface area contributed by atoms with Crippen LogP contribution in [0.2, 0.25) is 0 Å². The van der Waals surface area contributed by atoms with E-state index in [9.17, 15) is 4.39 Å². The van der Waals surface area contributed by atoms with Crippen molar-refractivity contribution in [1.82, 2.24) is 15.0 Å². The van der Waals surface area contributed by atoms with Crippen LogP contribution in [0.3, 0.4) is 0 Å². The fourth-order valence-corrected chi connectivity index (χ4v) is 2.75. The van der Waals surface area contributed by atoms with E-state index in [1.54, 1.807) is 30.6 Å². The third-order valence-electron chi connectivity index (χ3n) is 3.84. The first-order valence-electron chi connectivity index (χ1n) is 7.35. The highest BCUT2D eigenvalue weighted by Gasteiger charge is 2.17. The number of nitrogens with one attached hydrogen (secondary N) is 1. The largest absolute Gasteiger partial charge is 0.353 e. The third kappa shape index (κ3) is 2.31. The third-order valence-corrected chi connectivity index (χ3v) is 3.84. The Morgan fingerprint density at radius 2 is 1.83 bits per heavy atom. The minimum atomic E-state index is -0.299. The van der Waals surface area contributed by atoms with Crippen molar-refractivity contribution in [3.05, 3.63) is 72.4 Å². The Bertz CT molecular complexity index is 1060. The number of hydrogen-bond donors (Lipinski definition) is 1. The van der Waals surface area contributed by atoms with Crippen molar-refractivity contribution < 1.29 is 4.39 Å². The van der Waals surface area contributed by atoms with E-state index < -0.39 is 0 Å². The van der Waals surface area contributed by atoms with Gasteiger partial charge in [-0.1, -0.05) is 12.1 Å². The SMILES string of the molecule is N#Cc1ccc2[nH]c(-c3cccnc3)c(-c3ccc(F)cc3)c2n1. The van der Waals surface area contributed by atoms with Gasteiger partial charge in [0.25, 0.3) is 0 Å². The first-order valence-corrected chi connectivity index (χ1v) is 7.35. The van der Waals surface area contributed by atoms with E-state index in [-0.39, 0.29) is 5.82 Å². The molecule has 0 bridgehead atoms. The second kappa shape index (κ2) is 5.60. The lowest BCUT2D eigenvalue weighted by Gasteiger charge is -2.05. The van der Waals surface area contributed by atoms with Crippen molar-refractivity contribution in [2.45, 2.75) is 0 Å². The van der Waals surface area contributed by atoms with Crippen LogP contribution in [0.4, 0.5) is 4.39 Å². The van der Waals surface area contributed by atoms with Crippen molar-refractivity contribution in [3.8, 4) is 28.5 Å². The molecule has 1 aromatic carbocycles. The summed E-state index contributed by atoms with van der Waals surface area (Å²) in [7, 11) is 0. The lowest BCUT2D eigenvalue weighted by Crippen LogP contribution is -1.86. The molecule has 0 radical (unpaired) electrons. The summed E-state index contributed by atoms with van der Waals surface area (Å²) in [6.07, 6.45) is 3.46. The first-order chi connectivity index (χ1) is 11.8. The van der Waals surface area contributed by atoms with Crippen LogP contribution in [0.1, 0.15) is 5.69 Å². The highest BCUT2D eigenvalue weighted by Crippen LogP contribution is 2.37. The number of rotatable bonds is 2. The number of fused-ring (bicyclic) bond motifs is 1. The standard InChI is InChI=1S/C19H11FN4/c20-14-5-3-12(4-6-14)17-18(13-2-1-9-22-11-13)24-16-8-7-15(10-21)23-19(16)17/h1-9,11,24H. The minimum absolute atomic E-state index is 0.299. The molecule has 0 aliphatic heterocycles. The summed E-state index contributed by atoms with van der Waals surface area (Å²) in [5.41, 5.74) is 5.22. The van der Waals surface area contributed by atoms with E-state index in [0.717, 1.165) is 27.9 Å². The molecule has 3 heterocycles. The van der Waals surface area contributed by atoms with Gasteiger partial charge in [0.2, 0.25) is 0 Å². The monoisotopic (exact) mass is 314 g/mol. The minimum Gasteiger partial charge on any atom is -0.353 e. The van der Waals surface area contributed by atoms with Gasteiger partial charge in [-0.15, -0.1) is 0 Å². The fraction of sp³-hybridized carbons (Fsp3) is 0. The van der Waals surface area contributed by atoms with Crippen molar-refractivity contribution in [1.29, 1.82) is 5.26 Å². The van der Waals surface area contributed by atoms with Crippen LogP contribution in [-0.4, -0.2) is 15.0 Å². The zero-order valence-electron chi connectivity index (χ0n) is 12.5. The number of benzene rings is 1. The van der Waals surface area contributed by atoms with Gasteiger partial charge in [-0.3, -0.25) is 4.98 Å². The molecule has 4 rings (SSSR count). The summed E-state index contributed by atoms with van der Waals surface area (Å²) in [5.74, 6) is -0.299. The van der Waals surface area contributed by atoms with Gasteiger partial charge < -0.3 is 4.98 Å². The van der Waals surface area contributed by atoms with E-state index in [4.69, 9.17) is 5.26 Å². The summed E-state index contributed by atoms with van der Waals surface area (Å²) in [6.45, 7) is 0. The molecule has 5 heteroatoms. The fourth-order valence-electron chi connectivity index (χ4n) is 2.75. The predicted molar refractivity (Wildman–Crippen MR) is 89.4 cm³/mol. The lowest BCUT2D eigenvalue weighted by atomic mass is 10.0. The molecule has 0 aliphatic carbocycles. The van der Waals surface area contributed by atoms with Crippen LogP contribution in [0.5, 0.6) is 0 Å². The average Bonchev–Trinajstić information content (AvgIpc) is 3.01. The van der Waals surface area contributed by atoms with Gasteiger partial charge in [-0.05, 0) is 42.0 Å². The molecule has 114 valence electrons. The molecule has 4 aromatic rings. The number of nitrogens with zero attached hydrogens (tertiary/aromatic N) is 3. The molecule has 0 saturated heterocycles. The Hall–Kier alpha value is -3.52. The number of pyridine rings is 2. The van der Waals surface area contributed by atoms with Gasteiger partial charge in [-0.2, -0.15) is 5.26 Å². The van der Waals surface area contributed by atoms with Crippen LogP contribution in [0, 0.1) is 17.1 Å². The Kier molecular flexibility index (Phi) is 3.29. The van der Waals surface area contributed by atoms with Gasteiger partial charge in [0, 0.05) is 23.5 Å². The van der Waals surface area contributed by atoms with E-state index in [2.05, 4.69) is 21.0 Å². The number of H-pyrrole nitrogens is 1. The Balaban J connectivity index is 2.06. The predicted octanol–water partition coefficient (Wildman–Crippen LogP) is 4.30. The Morgan fingerprint density at radius 3 is 2.54 bits per heavy atom. The maximum absolute atomic E-state index is 13.3. The summed E-state index contributed by atoms with van der Waals surface area (Å²) in [5, 5.41) is 9.14. The van der Waals surface area contributed by atoms with Crippen LogP contribution in [0.25, 0.3) is 33.4 Å². The van der Waals surface area contributed by atoms with Crippen molar-refractivity contribution in [2.75, 3.05) is 0 Å². The first kappa shape index (κ1) is 14.1. The molecular formula is C19H11FN4. The molecule has 0 fully saturated rings. The normalized spacial score (nSPS) is 10.7. The number of nitriles is 1. The molecule has 0 spiro atoms. The van der Waals surface area contributed by atoms with Crippen molar-refractivity contribution in [2.24, 2.45) is 0 Å². The molecule has 0 unspecified atom stereocenters. The maximum atomic E-state index is 13.3. The van der Waals surface area contributed by atoms with Crippen LogP contribution >= 0.6 is 0 Å². The van der Waals surface area contributed by atoms with Gasteiger partial charge in [-0.25, -0.2) is 9.37 Å². The number of hydrogen-bond acceptors (Lipinski definition) is 3. The number of aromatic amines is 1. The van der Waals surface area contributed by atoms with E-state index in [1.807, 2.05) is 18.2 Å². The van der Waals surface area contributed by atoms with E-state index in [0.29, 0.717) is 11.2 Å². The summed E-state index contributed by atoms with van der Waals surface area (Å²) in [4.78, 5) is 11.9. The summed E-state index contributed by atoms with van der Waals surface area (Å²) < 4.78 is 13.3. The van der Waals surface area contributed by atoms with Crippen LogP contribution in [-0.2, 0) is 0 Å². The molecule has 0 saturated carbocycles. The van der Waals surface area contributed by atoms with Crippen molar-refractivity contribution in [3.63, 3.8) is 0 Å². The second-order valence-corrected chi connectivity index (χ2v) is 5.33. The Morgan fingerprint density at radius 1 is 1.00 bits per heavy atom. The summed E-state index contributed by atoms with van der Waals surface area (Å²) >= 11 is 0. The van der Waals surface area contributed by atoms with Crippen LogP contribution in [0.15, 0.2) is 60.9 Å². The number of halogens is 1. The topological polar surface area (TPSA) is 65.4 Å². The molecule has 24 heavy (non-hydrogen) atoms. The molecule has 3 aromatic heterocycles. The van der Waals surface area contributed by atoms with Gasteiger partial charge in [0.15, 0.2) is 0 Å². The smallest absolute Gasteiger partial charge is 0.141 e. The van der Waals surface area contributed by atoms with E-state index in [1.165, 1.54) is 12.1 Å². The summed E-state index contributed by atoms with van der Waals surface area (Å²) in [6, 6.07) is 15.6. The average molecular weight is 314 g/mol. The Labute approximate surface area is 137 Å². The van der Waals surface area contributed by atoms with Crippen molar-refractivity contribution >= 4 is 11.0 Å². The highest BCUT2D eigenvalue weighted by atomic mass is 19.1. The quantitative estimate of drug-likeness (QED) is 0.600. The molecule has 1 N–H and O–H groups in total. The van der Waals surface area contributed by atoms with Crippen LogP contribution < -0.4 is 0 Å². The van der Waals surface area contributed by atoms with Gasteiger partial charge in [0.1, 0.15) is 17.6 Å². The highest BCUT2D eigenvalue weighted by molar-refractivity contribution is 6.01. The second-order valence-electron chi connectivity index (χ2n) is 5.33. The van der Waals surface area contributed by atoms with Gasteiger partial charge >= 0.3 is 0 Å². The molecule has 0 amide bonds. The lowest BCUT2D eigenvalue weighted by molar-refractivity contribution is 0.628. The van der Waals surface area contributed by atoms with Gasteiger partial charge in [0.05, 0.1) is 16.7 Å². The molecule has 0 aliphatic rings. The number of aromatic nitrogens is 3. The molecule has 0 atom stereocenters. The maximum Gasteiger partial charge on any atom is 0.141 e.